The van der Waals surface area contributed by atoms with Crippen LogP contribution in [0.3, 0.4) is 0 Å². The first kappa shape index (κ1) is 27.6. The molecule has 1 aliphatic heterocycles. The molecular weight excluding hydrogens is 513 g/mol. The molecule has 3 aromatic rings. The molecule has 1 aromatic heterocycles. The van der Waals surface area contributed by atoms with Crippen LogP contribution < -0.4 is 10.2 Å². The smallest absolute Gasteiger partial charge is 0.249 e. The topological polar surface area (TPSA) is 74.7 Å². The lowest BCUT2D eigenvalue weighted by molar-refractivity contribution is -0.143. The summed E-state index contributed by atoms with van der Waals surface area (Å²) < 4.78 is 21.0. The van der Waals surface area contributed by atoms with Crippen LogP contribution in [0.4, 0.5) is 4.39 Å². The Balaban J connectivity index is 1.36. The van der Waals surface area contributed by atoms with Gasteiger partial charge in [-0.1, -0.05) is 29.8 Å². The van der Waals surface area contributed by atoms with Crippen molar-refractivity contribution in [2.75, 3.05) is 32.5 Å². The Morgan fingerprint density at radius 3 is 2.73 bits per heavy atom. The van der Waals surface area contributed by atoms with Crippen molar-refractivity contribution in [3.8, 4) is 5.75 Å². The van der Waals surface area contributed by atoms with Crippen LogP contribution in [0.25, 0.3) is 10.9 Å². The Morgan fingerprint density at radius 1 is 1.27 bits per heavy atom. The highest BCUT2D eigenvalue weighted by Crippen LogP contribution is 2.42. The average molecular weight is 546 g/mol. The van der Waals surface area contributed by atoms with Crippen molar-refractivity contribution in [3.05, 3.63) is 65.3 Å². The number of methoxy groups -OCH3 is 1. The first-order valence-corrected chi connectivity index (χ1v) is 13.9. The number of carbonyl (C=O) groups excluding carboxylic acids is 1. The van der Waals surface area contributed by atoms with Gasteiger partial charge in [0.2, 0.25) is 5.91 Å². The predicted molar refractivity (Wildman–Crippen MR) is 146 cm³/mol. The fraction of sp³-hybridized carbons (Fsp3) is 0.429. The molecule has 1 fully saturated rings. The van der Waals surface area contributed by atoms with Gasteiger partial charge >= 0.3 is 0 Å². The van der Waals surface area contributed by atoms with Gasteiger partial charge in [0.15, 0.2) is 0 Å². The van der Waals surface area contributed by atoms with E-state index in [-0.39, 0.29) is 11.4 Å². The number of benzene rings is 2. The molecule has 198 valence electrons. The maximum atomic E-state index is 15.7. The number of likely N-dealkylation sites (tertiary alicyclic amines) is 1. The first-order valence-electron chi connectivity index (χ1n) is 12.6. The number of hydrogen-bond donors (Lipinski definition) is 2. The average Bonchev–Trinajstić information content (AvgIpc) is 2.94. The van der Waals surface area contributed by atoms with Crippen LogP contribution in [0, 0.1) is 5.41 Å². The normalized spacial score (nSPS) is 16.4. The van der Waals surface area contributed by atoms with Gasteiger partial charge in [-0.25, -0.2) is 9.87 Å². The van der Waals surface area contributed by atoms with E-state index in [9.17, 15) is 10.0 Å². The number of hydrogen-bond acceptors (Lipinski definition) is 6. The summed E-state index contributed by atoms with van der Waals surface area (Å²) in [5, 5.41) is 10.3. The van der Waals surface area contributed by atoms with Crippen molar-refractivity contribution in [1.82, 2.24) is 15.4 Å². The molecule has 1 aliphatic rings. The highest BCUT2D eigenvalue weighted by Gasteiger charge is 2.41. The van der Waals surface area contributed by atoms with Gasteiger partial charge < -0.3 is 9.64 Å². The molecule has 1 unspecified atom stereocenters. The number of pyridine rings is 1. The molecule has 6 nitrogen and oxygen atoms in total. The van der Waals surface area contributed by atoms with Crippen LogP contribution in [-0.2, 0) is 4.79 Å². The number of fused-ring (bicyclic) bond motifs is 1. The monoisotopic (exact) mass is 545 g/mol. The van der Waals surface area contributed by atoms with Gasteiger partial charge in [0.05, 0.1) is 23.1 Å². The van der Waals surface area contributed by atoms with Crippen LogP contribution in [0.15, 0.2) is 59.6 Å². The molecule has 9 heteroatoms. The Bertz CT molecular complexity index is 1190. The number of carbonyl (C=O) groups is 1. The van der Waals surface area contributed by atoms with Gasteiger partial charge in [-0.2, -0.15) is 0 Å². The maximum Gasteiger partial charge on any atom is 0.249 e. The van der Waals surface area contributed by atoms with Gasteiger partial charge in [0, 0.05) is 22.0 Å². The Hall–Kier alpha value is -2.39. The van der Waals surface area contributed by atoms with E-state index < -0.39 is 17.5 Å². The molecular formula is C28H33ClFN3O3S. The third-order valence-electron chi connectivity index (χ3n) is 7.28. The van der Waals surface area contributed by atoms with E-state index >= 15 is 4.39 Å². The van der Waals surface area contributed by atoms with Gasteiger partial charge in [-0.05, 0) is 87.8 Å². The van der Waals surface area contributed by atoms with E-state index in [1.165, 1.54) is 11.1 Å². The van der Waals surface area contributed by atoms with E-state index in [0.717, 1.165) is 31.8 Å². The van der Waals surface area contributed by atoms with Crippen molar-refractivity contribution in [2.45, 2.75) is 43.2 Å². The number of halogens is 2. The summed E-state index contributed by atoms with van der Waals surface area (Å²) in [5.41, 5.74) is 2.02. The fourth-order valence-electron chi connectivity index (χ4n) is 5.07. The molecule has 2 heterocycles. The Morgan fingerprint density at radius 2 is 2.03 bits per heavy atom. The number of nitrogens with zero attached hydrogens (tertiary/aromatic N) is 2. The minimum atomic E-state index is -1.39. The van der Waals surface area contributed by atoms with Crippen molar-refractivity contribution >= 4 is 40.2 Å². The van der Waals surface area contributed by atoms with Crippen LogP contribution in [0.2, 0.25) is 5.02 Å². The summed E-state index contributed by atoms with van der Waals surface area (Å²) in [5.74, 6) is 1.18. The van der Waals surface area contributed by atoms with Crippen LogP contribution in [0.1, 0.15) is 43.8 Å². The van der Waals surface area contributed by atoms with Crippen molar-refractivity contribution in [2.24, 2.45) is 5.41 Å². The van der Waals surface area contributed by atoms with Crippen LogP contribution >= 0.6 is 23.4 Å². The van der Waals surface area contributed by atoms with Crippen LogP contribution in [-0.4, -0.2) is 53.5 Å². The number of ether oxygens (including phenoxy) is 1. The molecule has 0 radical (unpaired) electrons. The standard InChI is InChI=1S/C28H33ClFN3O3S/c1-36-20-8-9-25-22(18-20)26(23(29)19-31-25)24(30)10-11-28(27(34)32-35)12-15-33(16-13-28)14-5-17-37-21-6-3-2-4-7-21/h2-4,6-9,18-19,24,35H,5,10-17H2,1H3,(H,32,34). The summed E-state index contributed by atoms with van der Waals surface area (Å²) in [7, 11) is 1.55. The van der Waals surface area contributed by atoms with Gasteiger partial charge in [0.1, 0.15) is 11.9 Å². The fourth-order valence-corrected chi connectivity index (χ4v) is 6.20. The number of thioether (sulfide) groups is 1. The van der Waals surface area contributed by atoms with Crippen molar-refractivity contribution in [1.29, 1.82) is 0 Å². The number of piperidine rings is 1. The summed E-state index contributed by atoms with van der Waals surface area (Å²) in [4.78, 5) is 20.7. The summed E-state index contributed by atoms with van der Waals surface area (Å²) in [6.45, 7) is 2.41. The van der Waals surface area contributed by atoms with Crippen LogP contribution in [0.5, 0.6) is 5.75 Å². The van der Waals surface area contributed by atoms with E-state index in [1.54, 1.807) is 25.3 Å². The zero-order valence-electron chi connectivity index (χ0n) is 21.0. The van der Waals surface area contributed by atoms with Gasteiger partial charge in [-0.15, -0.1) is 11.8 Å². The third-order valence-corrected chi connectivity index (χ3v) is 8.68. The molecule has 0 bridgehead atoms. The molecule has 1 amide bonds. The number of hydroxylamine groups is 1. The number of amides is 1. The Labute approximate surface area is 226 Å². The molecule has 0 spiro atoms. The lowest BCUT2D eigenvalue weighted by Crippen LogP contribution is -2.48. The number of aromatic nitrogens is 1. The number of nitrogens with one attached hydrogen (secondary N) is 1. The maximum absolute atomic E-state index is 15.7. The van der Waals surface area contributed by atoms with E-state index in [2.05, 4.69) is 22.0 Å². The molecule has 0 aliphatic carbocycles. The third kappa shape index (κ3) is 6.74. The highest BCUT2D eigenvalue weighted by atomic mass is 35.5. The summed E-state index contributed by atoms with van der Waals surface area (Å²) in [6.07, 6.45) is 2.67. The minimum absolute atomic E-state index is 0.108. The van der Waals surface area contributed by atoms with Gasteiger partial charge in [-0.3, -0.25) is 15.0 Å². The minimum Gasteiger partial charge on any atom is -0.497 e. The molecule has 2 N–H and O–H groups in total. The SMILES string of the molecule is COc1ccc2ncc(Cl)c(C(F)CCC3(C(=O)NO)CCN(CCCSc4ccccc4)CC3)c2c1. The second kappa shape index (κ2) is 12.9. The first-order chi connectivity index (χ1) is 18.0. The lowest BCUT2D eigenvalue weighted by atomic mass is 9.73. The summed E-state index contributed by atoms with van der Waals surface area (Å²) in [6, 6.07) is 15.6. The van der Waals surface area contributed by atoms with E-state index in [1.807, 2.05) is 35.4 Å². The zero-order valence-corrected chi connectivity index (χ0v) is 22.5. The largest absolute Gasteiger partial charge is 0.497 e. The second-order valence-corrected chi connectivity index (χ2v) is 11.1. The molecule has 1 atom stereocenters. The molecule has 0 saturated carbocycles. The Kier molecular flexibility index (Phi) is 9.65. The summed E-state index contributed by atoms with van der Waals surface area (Å²) >= 11 is 8.23. The molecule has 37 heavy (non-hydrogen) atoms. The molecule has 2 aromatic carbocycles. The van der Waals surface area contributed by atoms with Gasteiger partial charge in [0.25, 0.3) is 0 Å². The van der Waals surface area contributed by atoms with E-state index in [4.69, 9.17) is 16.3 Å². The number of alkyl halides is 1. The zero-order chi connectivity index (χ0) is 26.3. The van der Waals surface area contributed by atoms with E-state index in [0.29, 0.717) is 41.5 Å². The quantitative estimate of drug-likeness (QED) is 0.125. The highest BCUT2D eigenvalue weighted by molar-refractivity contribution is 7.99. The molecule has 1 saturated heterocycles. The van der Waals surface area contributed by atoms with Crippen molar-refractivity contribution in [3.63, 3.8) is 0 Å². The molecule has 4 rings (SSSR count). The lowest BCUT2D eigenvalue weighted by Gasteiger charge is -2.40. The van der Waals surface area contributed by atoms with Crippen molar-refractivity contribution < 1.29 is 19.1 Å². The second-order valence-electron chi connectivity index (χ2n) is 9.49. The number of rotatable bonds is 11. The predicted octanol–water partition coefficient (Wildman–Crippen LogP) is 6.46.